The van der Waals surface area contributed by atoms with Gasteiger partial charge in [0.05, 0.1) is 37.2 Å². The van der Waals surface area contributed by atoms with Crippen molar-refractivity contribution in [1.82, 2.24) is 5.32 Å². The summed E-state index contributed by atoms with van der Waals surface area (Å²) in [6, 6.07) is 7.50. The lowest BCUT2D eigenvalue weighted by molar-refractivity contribution is -0.149. The molecule has 2 aromatic carbocycles. The van der Waals surface area contributed by atoms with E-state index in [1.165, 1.54) is 31.4 Å². The van der Waals surface area contributed by atoms with Crippen molar-refractivity contribution in [3.8, 4) is 11.5 Å². The van der Waals surface area contributed by atoms with Gasteiger partial charge in [-0.25, -0.2) is 13.2 Å². The van der Waals surface area contributed by atoms with Gasteiger partial charge in [-0.15, -0.1) is 0 Å². The number of ether oxygens (including phenoxy) is 3. The molecule has 232 valence electrons. The monoisotopic (exact) mass is 602 g/mol. The molecular weight excluding hydrogens is 565 g/mol. The van der Waals surface area contributed by atoms with E-state index in [9.17, 15) is 23.2 Å². The molecule has 3 fully saturated rings. The number of hydrogen-bond donors (Lipinski definition) is 2. The van der Waals surface area contributed by atoms with Crippen molar-refractivity contribution in [1.29, 1.82) is 0 Å². The van der Waals surface area contributed by atoms with Crippen molar-refractivity contribution < 1.29 is 41.8 Å². The second-order valence-corrected chi connectivity index (χ2v) is 11.6. The van der Waals surface area contributed by atoms with E-state index in [-0.39, 0.29) is 64.0 Å². The van der Waals surface area contributed by atoms with Gasteiger partial charge in [-0.05, 0) is 81.9 Å². The number of halogens is 3. The zero-order valence-electron chi connectivity index (χ0n) is 24.2. The Morgan fingerprint density at radius 3 is 2.42 bits per heavy atom. The highest BCUT2D eigenvalue weighted by Gasteiger charge is 2.51. The number of carbonyl (C=O) groups is 3. The summed E-state index contributed by atoms with van der Waals surface area (Å²) in [7, 11) is 1.34. The molecule has 2 amide bonds. The highest BCUT2D eigenvalue weighted by Crippen LogP contribution is 2.49. The van der Waals surface area contributed by atoms with Crippen LogP contribution in [0.4, 0.5) is 18.9 Å². The predicted molar refractivity (Wildman–Crippen MR) is 152 cm³/mol. The maximum Gasteiger partial charge on any atom is 0.308 e. The summed E-state index contributed by atoms with van der Waals surface area (Å²) < 4.78 is 57.7. The number of benzene rings is 2. The van der Waals surface area contributed by atoms with Crippen LogP contribution >= 0.6 is 0 Å². The summed E-state index contributed by atoms with van der Waals surface area (Å²) in [6.45, 7) is 2.08. The van der Waals surface area contributed by atoms with Crippen LogP contribution in [-0.2, 0) is 14.3 Å². The third kappa shape index (κ3) is 6.75. The smallest absolute Gasteiger partial charge is 0.308 e. The number of anilines is 1. The number of hydrogen-bond acceptors (Lipinski definition) is 6. The summed E-state index contributed by atoms with van der Waals surface area (Å²) in [5.41, 5.74) is 0.156. The van der Waals surface area contributed by atoms with Crippen molar-refractivity contribution in [2.75, 3.05) is 19.0 Å². The molecule has 4 atom stereocenters. The molecule has 11 heteroatoms. The van der Waals surface area contributed by atoms with Gasteiger partial charge < -0.3 is 24.8 Å². The molecule has 0 unspecified atom stereocenters. The first-order valence-corrected chi connectivity index (χ1v) is 14.9. The Bertz CT molecular complexity index is 1350. The standard InChI is InChI=1S/C32H37F3N2O6/c1-3-42-32(40)17-9-11-22(12-10-17)43-26-15-23(25(41-2)16-24(26)33)30(38)37-28-19-8-7-18(13-19)27(28)31(39)36-21-6-4-5-20(14-21)29(34)35/h4-6,14-19,22,27-29H,3,7-13H2,1-2H3,(H,36,39)(H,37,38)/t17?,18-,19+,22?,27+,28-/m1/s1. The maximum atomic E-state index is 15.0. The fourth-order valence-electron chi connectivity index (χ4n) is 6.91. The molecule has 2 bridgehead atoms. The van der Waals surface area contributed by atoms with Gasteiger partial charge in [0.2, 0.25) is 5.91 Å². The molecule has 8 nitrogen and oxygen atoms in total. The van der Waals surface area contributed by atoms with Gasteiger partial charge in [-0.3, -0.25) is 14.4 Å². The Balaban J connectivity index is 1.28. The second kappa shape index (κ2) is 13.3. The molecule has 5 rings (SSSR count). The zero-order valence-corrected chi connectivity index (χ0v) is 24.2. The molecule has 3 aliphatic rings. The van der Waals surface area contributed by atoms with Gasteiger partial charge in [0, 0.05) is 23.4 Å². The Labute approximate surface area is 248 Å². The predicted octanol–water partition coefficient (Wildman–Crippen LogP) is 6.06. The summed E-state index contributed by atoms with van der Waals surface area (Å²) in [5.74, 6) is -2.46. The number of rotatable bonds is 10. The van der Waals surface area contributed by atoms with Crippen LogP contribution in [0.2, 0.25) is 0 Å². The van der Waals surface area contributed by atoms with Crippen LogP contribution in [0.5, 0.6) is 11.5 Å². The van der Waals surface area contributed by atoms with Gasteiger partial charge in [-0.2, -0.15) is 0 Å². The van der Waals surface area contributed by atoms with Crippen LogP contribution in [-0.4, -0.2) is 43.6 Å². The molecule has 3 saturated carbocycles. The maximum absolute atomic E-state index is 15.0. The summed E-state index contributed by atoms with van der Waals surface area (Å²) in [6.07, 6.45) is 1.67. The number of nitrogens with one attached hydrogen (secondary N) is 2. The quantitative estimate of drug-likeness (QED) is 0.321. The Morgan fingerprint density at radius 1 is 0.977 bits per heavy atom. The highest BCUT2D eigenvalue weighted by atomic mass is 19.3. The minimum Gasteiger partial charge on any atom is -0.496 e. The molecule has 0 radical (unpaired) electrons. The number of amides is 2. The molecule has 0 aliphatic heterocycles. The lowest BCUT2D eigenvalue weighted by atomic mass is 9.83. The van der Waals surface area contributed by atoms with E-state index >= 15 is 4.39 Å². The Hall–Kier alpha value is -3.76. The van der Waals surface area contributed by atoms with E-state index in [1.54, 1.807) is 13.0 Å². The fraction of sp³-hybridized carbons (Fsp3) is 0.531. The number of alkyl halides is 2. The lowest BCUT2D eigenvalue weighted by Crippen LogP contribution is -2.48. The van der Waals surface area contributed by atoms with Crippen molar-refractivity contribution in [3.05, 3.63) is 53.3 Å². The molecular formula is C32H37F3N2O6. The summed E-state index contributed by atoms with van der Waals surface area (Å²) >= 11 is 0. The number of carbonyl (C=O) groups excluding carboxylic acids is 3. The fourth-order valence-corrected chi connectivity index (χ4v) is 6.91. The van der Waals surface area contributed by atoms with E-state index in [2.05, 4.69) is 10.6 Å². The van der Waals surface area contributed by atoms with Crippen molar-refractivity contribution in [3.63, 3.8) is 0 Å². The Kier molecular flexibility index (Phi) is 9.46. The van der Waals surface area contributed by atoms with Gasteiger partial charge in [0.15, 0.2) is 11.6 Å². The SMILES string of the molecule is CCOC(=O)C1CCC(Oc2cc(C(=O)N[C@@H]3[C@H]4CC[C@H](C4)[C@@H]3C(=O)Nc3cccc(C(F)F)c3)c(OC)cc2F)CC1. The van der Waals surface area contributed by atoms with Gasteiger partial charge in [0.25, 0.3) is 12.3 Å². The van der Waals surface area contributed by atoms with Gasteiger partial charge in [0.1, 0.15) is 5.75 Å². The van der Waals surface area contributed by atoms with E-state index in [4.69, 9.17) is 14.2 Å². The highest BCUT2D eigenvalue weighted by molar-refractivity contribution is 5.99. The molecule has 3 aliphatic carbocycles. The second-order valence-electron chi connectivity index (χ2n) is 11.6. The molecule has 43 heavy (non-hydrogen) atoms. The van der Waals surface area contributed by atoms with Gasteiger partial charge in [-0.1, -0.05) is 12.1 Å². The third-order valence-electron chi connectivity index (χ3n) is 9.01. The first kappa shape index (κ1) is 30.7. The Morgan fingerprint density at radius 2 is 1.72 bits per heavy atom. The molecule has 0 saturated heterocycles. The van der Waals surface area contributed by atoms with Crippen molar-refractivity contribution in [2.24, 2.45) is 23.7 Å². The van der Waals surface area contributed by atoms with Crippen LogP contribution in [0.25, 0.3) is 0 Å². The van der Waals surface area contributed by atoms with E-state index in [0.29, 0.717) is 32.3 Å². The molecule has 2 N–H and O–H groups in total. The first-order chi connectivity index (χ1) is 20.7. The normalized spacial score (nSPS) is 26.2. The average molecular weight is 603 g/mol. The minimum atomic E-state index is -2.66. The third-order valence-corrected chi connectivity index (χ3v) is 9.01. The van der Waals surface area contributed by atoms with Crippen LogP contribution in [0, 0.1) is 29.5 Å². The molecule has 0 spiro atoms. The molecule has 2 aromatic rings. The minimum absolute atomic E-state index is 0.0290. The van der Waals surface area contributed by atoms with E-state index in [1.807, 2.05) is 0 Å². The van der Waals surface area contributed by atoms with Crippen molar-refractivity contribution in [2.45, 2.75) is 70.4 Å². The number of fused-ring (bicyclic) bond motifs is 2. The topological polar surface area (TPSA) is 103 Å². The largest absolute Gasteiger partial charge is 0.496 e. The van der Waals surface area contributed by atoms with Crippen LogP contribution < -0.4 is 20.1 Å². The van der Waals surface area contributed by atoms with Crippen LogP contribution in [0.3, 0.4) is 0 Å². The molecule has 0 aromatic heterocycles. The zero-order chi connectivity index (χ0) is 30.7. The van der Waals surface area contributed by atoms with E-state index < -0.39 is 30.1 Å². The summed E-state index contributed by atoms with van der Waals surface area (Å²) in [5, 5.41) is 5.76. The lowest BCUT2D eigenvalue weighted by Gasteiger charge is -2.31. The first-order valence-electron chi connectivity index (χ1n) is 14.9. The van der Waals surface area contributed by atoms with Crippen molar-refractivity contribution >= 4 is 23.5 Å². The van der Waals surface area contributed by atoms with Crippen LogP contribution in [0.15, 0.2) is 36.4 Å². The van der Waals surface area contributed by atoms with E-state index in [0.717, 1.165) is 25.3 Å². The number of esters is 1. The molecule has 0 heterocycles. The average Bonchev–Trinajstić information content (AvgIpc) is 3.60. The van der Waals surface area contributed by atoms with Gasteiger partial charge >= 0.3 is 5.97 Å². The number of methoxy groups -OCH3 is 1. The summed E-state index contributed by atoms with van der Waals surface area (Å²) in [4.78, 5) is 39.0. The van der Waals surface area contributed by atoms with Crippen LogP contribution in [0.1, 0.15) is 74.2 Å².